The number of hydrogen-bond donors (Lipinski definition) is 1. The van der Waals surface area contributed by atoms with E-state index in [-0.39, 0.29) is 30.4 Å². The van der Waals surface area contributed by atoms with Crippen LogP contribution >= 0.6 is 15.9 Å². The molecule has 0 atom stereocenters. The van der Waals surface area contributed by atoms with E-state index in [4.69, 9.17) is 4.74 Å². The van der Waals surface area contributed by atoms with Crippen molar-refractivity contribution in [2.45, 2.75) is 6.54 Å². The van der Waals surface area contributed by atoms with Gasteiger partial charge in [-0.05, 0) is 30.3 Å². The van der Waals surface area contributed by atoms with Gasteiger partial charge in [-0.25, -0.2) is 9.37 Å². The van der Waals surface area contributed by atoms with Gasteiger partial charge in [0.2, 0.25) is 0 Å². The summed E-state index contributed by atoms with van der Waals surface area (Å²) in [6.07, 6.45) is 0. The number of aromatic amines is 1. The Labute approximate surface area is 156 Å². The first-order valence-electron chi connectivity index (χ1n) is 7.74. The molecule has 3 aromatic rings. The third-order valence-electron chi connectivity index (χ3n) is 3.72. The van der Waals surface area contributed by atoms with E-state index >= 15 is 0 Å². The van der Waals surface area contributed by atoms with Crippen LogP contribution in [-0.2, 0) is 11.3 Å². The van der Waals surface area contributed by atoms with Crippen LogP contribution in [0.25, 0.3) is 10.9 Å². The van der Waals surface area contributed by atoms with E-state index in [9.17, 15) is 14.0 Å². The summed E-state index contributed by atoms with van der Waals surface area (Å²) in [4.78, 5) is 32.6. The Balaban J connectivity index is 1.66. The molecular weight excluding hydrogens is 405 g/mol. The number of nitrogens with zero attached hydrogens (tertiary/aromatic N) is 2. The van der Waals surface area contributed by atoms with Gasteiger partial charge < -0.3 is 14.6 Å². The number of benzene rings is 2. The number of rotatable bonds is 5. The summed E-state index contributed by atoms with van der Waals surface area (Å²) in [5, 5.41) is 0.485. The van der Waals surface area contributed by atoms with Crippen LogP contribution in [0, 0.1) is 5.82 Å². The maximum absolute atomic E-state index is 13.7. The molecule has 0 unspecified atom stereocenters. The molecule has 0 saturated heterocycles. The number of fused-ring (bicyclic) bond motifs is 1. The predicted molar refractivity (Wildman–Crippen MR) is 98.4 cm³/mol. The fourth-order valence-corrected chi connectivity index (χ4v) is 2.70. The number of likely N-dealkylation sites (N-methyl/N-ethyl adjacent to an activating group) is 1. The first kappa shape index (κ1) is 18.1. The lowest BCUT2D eigenvalue weighted by atomic mass is 10.2. The minimum atomic E-state index is -0.560. The Morgan fingerprint density at radius 1 is 1.31 bits per heavy atom. The zero-order valence-corrected chi connectivity index (χ0v) is 15.4. The molecule has 1 amide bonds. The third-order valence-corrected chi connectivity index (χ3v) is 4.21. The maximum Gasteiger partial charge on any atom is 0.260 e. The van der Waals surface area contributed by atoms with Crippen LogP contribution in [0.3, 0.4) is 0 Å². The van der Waals surface area contributed by atoms with Crippen LogP contribution < -0.4 is 10.3 Å². The monoisotopic (exact) mass is 419 g/mol. The lowest BCUT2D eigenvalue weighted by molar-refractivity contribution is -0.132. The summed E-state index contributed by atoms with van der Waals surface area (Å²) in [5.41, 5.74) is 0.292. The summed E-state index contributed by atoms with van der Waals surface area (Å²) in [5.74, 6) is -0.579. The lowest BCUT2D eigenvalue weighted by Crippen LogP contribution is -2.32. The van der Waals surface area contributed by atoms with Gasteiger partial charge in [0.05, 0.1) is 17.4 Å². The van der Waals surface area contributed by atoms with Crippen LogP contribution in [0.15, 0.2) is 51.7 Å². The molecule has 3 rings (SSSR count). The molecular formula is C18H15BrFN3O3. The number of ether oxygens (including phenoxy) is 1. The van der Waals surface area contributed by atoms with Gasteiger partial charge in [0.15, 0.2) is 18.2 Å². The minimum Gasteiger partial charge on any atom is -0.481 e. The second kappa shape index (κ2) is 7.65. The quantitative estimate of drug-likeness (QED) is 0.689. The second-order valence-corrected chi connectivity index (χ2v) is 6.56. The molecule has 0 radical (unpaired) electrons. The molecule has 0 saturated carbocycles. The van der Waals surface area contributed by atoms with Gasteiger partial charge >= 0.3 is 0 Å². The van der Waals surface area contributed by atoms with Crippen molar-refractivity contribution in [3.05, 3.63) is 68.9 Å². The van der Waals surface area contributed by atoms with Crippen molar-refractivity contribution in [2.75, 3.05) is 13.7 Å². The molecule has 1 aromatic heterocycles. The normalized spacial score (nSPS) is 10.7. The van der Waals surface area contributed by atoms with Crippen LogP contribution in [-0.4, -0.2) is 34.4 Å². The van der Waals surface area contributed by atoms with E-state index < -0.39 is 5.82 Å². The standard InChI is InChI=1S/C18H15BrFN3O3/c1-23(17(24)10-26-15-7-6-11(19)8-13(15)20)9-16-21-14-5-3-2-4-12(14)18(25)22-16/h2-8H,9-10H2,1H3,(H,21,22,25). The maximum atomic E-state index is 13.7. The Morgan fingerprint density at radius 3 is 2.85 bits per heavy atom. The van der Waals surface area contributed by atoms with E-state index in [1.54, 1.807) is 37.4 Å². The van der Waals surface area contributed by atoms with Crippen molar-refractivity contribution >= 4 is 32.7 Å². The largest absolute Gasteiger partial charge is 0.481 e. The SMILES string of the molecule is CN(Cc1nc2ccccc2c(=O)[nH]1)C(=O)COc1ccc(Br)cc1F. The smallest absolute Gasteiger partial charge is 0.260 e. The minimum absolute atomic E-state index is 0.00723. The highest BCUT2D eigenvalue weighted by molar-refractivity contribution is 9.10. The zero-order valence-electron chi connectivity index (χ0n) is 13.8. The molecule has 0 aliphatic heterocycles. The summed E-state index contributed by atoms with van der Waals surface area (Å²) >= 11 is 3.15. The number of carbonyl (C=O) groups excluding carboxylic acids is 1. The number of halogens is 2. The summed E-state index contributed by atoms with van der Waals surface area (Å²) in [6.45, 7) is -0.224. The highest BCUT2D eigenvalue weighted by atomic mass is 79.9. The van der Waals surface area contributed by atoms with Crippen molar-refractivity contribution in [2.24, 2.45) is 0 Å². The van der Waals surface area contributed by atoms with Gasteiger partial charge in [0, 0.05) is 11.5 Å². The fourth-order valence-electron chi connectivity index (χ4n) is 2.36. The number of carbonyl (C=O) groups is 1. The van der Waals surface area contributed by atoms with Crippen LogP contribution in [0.2, 0.25) is 0 Å². The molecule has 26 heavy (non-hydrogen) atoms. The summed E-state index contributed by atoms with van der Waals surface area (Å²) in [7, 11) is 1.55. The molecule has 134 valence electrons. The third kappa shape index (κ3) is 4.08. The average molecular weight is 420 g/mol. The molecule has 1 heterocycles. The van der Waals surface area contributed by atoms with Gasteiger partial charge in [0.1, 0.15) is 5.82 Å². The summed E-state index contributed by atoms with van der Waals surface area (Å²) in [6, 6.07) is 11.3. The van der Waals surface area contributed by atoms with Crippen LogP contribution in [0.4, 0.5) is 4.39 Å². The first-order chi connectivity index (χ1) is 12.4. The molecule has 0 spiro atoms. The van der Waals surface area contributed by atoms with E-state index in [0.29, 0.717) is 21.2 Å². The molecule has 6 nitrogen and oxygen atoms in total. The number of amides is 1. The Morgan fingerprint density at radius 2 is 2.08 bits per heavy atom. The van der Waals surface area contributed by atoms with Gasteiger partial charge in [-0.15, -0.1) is 0 Å². The Kier molecular flexibility index (Phi) is 5.32. The number of hydrogen-bond acceptors (Lipinski definition) is 4. The molecule has 0 aliphatic carbocycles. The van der Waals surface area contributed by atoms with Gasteiger partial charge in [0.25, 0.3) is 11.5 Å². The molecule has 0 fully saturated rings. The Hall–Kier alpha value is -2.74. The number of para-hydroxylation sites is 1. The second-order valence-electron chi connectivity index (χ2n) is 5.64. The van der Waals surface area contributed by atoms with Crippen LogP contribution in [0.5, 0.6) is 5.75 Å². The van der Waals surface area contributed by atoms with Crippen molar-refractivity contribution in [3.63, 3.8) is 0 Å². The van der Waals surface area contributed by atoms with Gasteiger partial charge in [-0.1, -0.05) is 28.1 Å². The van der Waals surface area contributed by atoms with Crippen molar-refractivity contribution in [1.82, 2.24) is 14.9 Å². The topological polar surface area (TPSA) is 75.3 Å². The van der Waals surface area contributed by atoms with Crippen molar-refractivity contribution < 1.29 is 13.9 Å². The number of aromatic nitrogens is 2. The van der Waals surface area contributed by atoms with Gasteiger partial charge in [-0.2, -0.15) is 0 Å². The number of nitrogens with one attached hydrogen (secondary N) is 1. The van der Waals surface area contributed by atoms with Crippen LogP contribution in [0.1, 0.15) is 5.82 Å². The molecule has 0 aliphatic rings. The molecule has 1 N–H and O–H groups in total. The first-order valence-corrected chi connectivity index (χ1v) is 8.53. The Bertz CT molecular complexity index is 1020. The van der Waals surface area contributed by atoms with Crippen molar-refractivity contribution in [1.29, 1.82) is 0 Å². The average Bonchev–Trinajstić information content (AvgIpc) is 2.60. The fraction of sp³-hybridized carbons (Fsp3) is 0.167. The highest BCUT2D eigenvalue weighted by Crippen LogP contribution is 2.21. The van der Waals surface area contributed by atoms with Crippen molar-refractivity contribution in [3.8, 4) is 5.75 Å². The van der Waals surface area contributed by atoms with Gasteiger partial charge in [-0.3, -0.25) is 9.59 Å². The number of H-pyrrole nitrogens is 1. The summed E-state index contributed by atoms with van der Waals surface area (Å²) < 4.78 is 19.5. The lowest BCUT2D eigenvalue weighted by Gasteiger charge is -2.17. The predicted octanol–water partition coefficient (Wildman–Crippen LogP) is 2.86. The molecule has 2 aromatic carbocycles. The molecule has 8 heteroatoms. The van der Waals surface area contributed by atoms with E-state index in [1.165, 1.54) is 17.0 Å². The van der Waals surface area contributed by atoms with E-state index in [0.717, 1.165) is 0 Å². The van der Waals surface area contributed by atoms with E-state index in [1.807, 2.05) is 0 Å². The van der Waals surface area contributed by atoms with E-state index in [2.05, 4.69) is 25.9 Å². The zero-order chi connectivity index (χ0) is 18.7. The highest BCUT2D eigenvalue weighted by Gasteiger charge is 2.14. The molecule has 0 bridgehead atoms.